The van der Waals surface area contributed by atoms with Crippen molar-refractivity contribution >= 4 is 16.6 Å². The van der Waals surface area contributed by atoms with Gasteiger partial charge in [0.2, 0.25) is 0 Å². The number of pyridine rings is 1. The molecule has 0 N–H and O–H groups in total. The van der Waals surface area contributed by atoms with Gasteiger partial charge < -0.3 is 0 Å². The quantitative estimate of drug-likeness (QED) is 0.586. The van der Waals surface area contributed by atoms with Crippen molar-refractivity contribution in [3.8, 4) is 0 Å². The van der Waals surface area contributed by atoms with Crippen molar-refractivity contribution in [3.05, 3.63) is 77.5 Å². The molecule has 1 unspecified atom stereocenters. The van der Waals surface area contributed by atoms with E-state index in [1.165, 1.54) is 16.5 Å². The van der Waals surface area contributed by atoms with Gasteiger partial charge in [-0.1, -0.05) is 63.2 Å². The van der Waals surface area contributed by atoms with Gasteiger partial charge >= 0.3 is 0 Å². The van der Waals surface area contributed by atoms with E-state index in [0.717, 1.165) is 36.1 Å². The number of fused-ring (bicyclic) bond motifs is 2. The molecule has 0 bridgehead atoms. The van der Waals surface area contributed by atoms with Crippen LogP contribution in [-0.2, 0) is 6.42 Å². The molecule has 0 spiro atoms. The second kappa shape index (κ2) is 6.68. The van der Waals surface area contributed by atoms with Crippen molar-refractivity contribution in [1.29, 1.82) is 0 Å². The molecule has 132 valence electrons. The van der Waals surface area contributed by atoms with Gasteiger partial charge in [-0.25, -0.2) is 0 Å². The maximum Gasteiger partial charge on any atom is 0.0744 e. The number of rotatable bonds is 4. The van der Waals surface area contributed by atoms with E-state index < -0.39 is 0 Å². The summed E-state index contributed by atoms with van der Waals surface area (Å²) in [6, 6.07) is 19.3. The SMILES string of the molecule is CCC1(CC(C)C)Cc2ccccc2C(c2cnc3ccccc3c2)=N1. The van der Waals surface area contributed by atoms with Crippen LogP contribution < -0.4 is 0 Å². The minimum atomic E-state index is -0.0104. The van der Waals surface area contributed by atoms with Crippen LogP contribution in [0.5, 0.6) is 0 Å². The maximum absolute atomic E-state index is 5.37. The normalized spacial score (nSPS) is 19.5. The van der Waals surface area contributed by atoms with Gasteiger partial charge in [-0.3, -0.25) is 9.98 Å². The Kier molecular flexibility index (Phi) is 4.36. The van der Waals surface area contributed by atoms with Gasteiger partial charge in [-0.15, -0.1) is 0 Å². The molecule has 2 heterocycles. The number of benzene rings is 2. The summed E-state index contributed by atoms with van der Waals surface area (Å²) in [6.07, 6.45) is 5.19. The van der Waals surface area contributed by atoms with Crippen molar-refractivity contribution in [3.63, 3.8) is 0 Å². The standard InChI is InChI=1S/C24H26N2/c1-4-24(14-17(2)3)15-19-10-5-7-11-21(19)23(26-24)20-13-18-9-6-8-12-22(18)25-16-20/h5-13,16-17H,4,14-15H2,1-3H3. The van der Waals surface area contributed by atoms with Crippen molar-refractivity contribution in [2.24, 2.45) is 10.9 Å². The van der Waals surface area contributed by atoms with E-state index >= 15 is 0 Å². The van der Waals surface area contributed by atoms with Crippen LogP contribution >= 0.6 is 0 Å². The molecule has 0 aliphatic carbocycles. The minimum Gasteiger partial charge on any atom is -0.277 e. The third-order valence-electron chi connectivity index (χ3n) is 5.45. The number of hydrogen-bond acceptors (Lipinski definition) is 2. The molecular weight excluding hydrogens is 316 g/mol. The highest BCUT2D eigenvalue weighted by atomic mass is 14.9. The summed E-state index contributed by atoms with van der Waals surface area (Å²) >= 11 is 0. The van der Waals surface area contributed by atoms with E-state index in [1.54, 1.807) is 0 Å². The van der Waals surface area contributed by atoms with Gasteiger partial charge in [-0.05, 0) is 42.9 Å². The van der Waals surface area contributed by atoms with E-state index in [9.17, 15) is 0 Å². The summed E-state index contributed by atoms with van der Waals surface area (Å²) in [5.41, 5.74) is 5.92. The molecule has 1 atom stereocenters. The minimum absolute atomic E-state index is 0.0104. The fraction of sp³-hybridized carbons (Fsp3) is 0.333. The summed E-state index contributed by atoms with van der Waals surface area (Å²) in [4.78, 5) is 10.0. The highest BCUT2D eigenvalue weighted by Gasteiger charge is 2.34. The predicted octanol–water partition coefficient (Wildman–Crippen LogP) is 5.82. The topological polar surface area (TPSA) is 25.2 Å². The fourth-order valence-corrected chi connectivity index (χ4v) is 4.24. The molecule has 1 aromatic heterocycles. The van der Waals surface area contributed by atoms with Gasteiger partial charge in [0.15, 0.2) is 0 Å². The van der Waals surface area contributed by atoms with Crippen LogP contribution in [-0.4, -0.2) is 16.2 Å². The lowest BCUT2D eigenvalue weighted by Crippen LogP contribution is -2.36. The van der Waals surface area contributed by atoms with E-state index in [1.807, 2.05) is 12.3 Å². The van der Waals surface area contributed by atoms with Crippen molar-refractivity contribution in [2.75, 3.05) is 0 Å². The third kappa shape index (κ3) is 3.05. The second-order valence-electron chi connectivity index (χ2n) is 7.89. The summed E-state index contributed by atoms with van der Waals surface area (Å²) in [6.45, 7) is 6.87. The Balaban J connectivity index is 1.90. The molecule has 0 amide bonds. The Hall–Kier alpha value is -2.48. The Morgan fingerprint density at radius 1 is 1.04 bits per heavy atom. The summed E-state index contributed by atoms with van der Waals surface area (Å²) in [5, 5.41) is 1.17. The number of para-hydroxylation sites is 1. The molecule has 2 aromatic carbocycles. The average molecular weight is 342 g/mol. The van der Waals surface area contributed by atoms with Crippen LogP contribution in [0.3, 0.4) is 0 Å². The Bertz CT molecular complexity index is 971. The Morgan fingerprint density at radius 3 is 2.62 bits per heavy atom. The predicted molar refractivity (Wildman–Crippen MR) is 110 cm³/mol. The number of nitrogens with zero attached hydrogens (tertiary/aromatic N) is 2. The monoisotopic (exact) mass is 342 g/mol. The van der Waals surface area contributed by atoms with Gasteiger partial charge in [0.1, 0.15) is 0 Å². The first-order valence-electron chi connectivity index (χ1n) is 9.63. The maximum atomic E-state index is 5.37. The molecule has 3 aromatic rings. The second-order valence-corrected chi connectivity index (χ2v) is 7.89. The molecule has 26 heavy (non-hydrogen) atoms. The van der Waals surface area contributed by atoms with Crippen LogP contribution in [0.4, 0.5) is 0 Å². The van der Waals surface area contributed by atoms with Crippen LogP contribution in [0, 0.1) is 5.92 Å². The van der Waals surface area contributed by atoms with Crippen LogP contribution in [0.15, 0.2) is 65.8 Å². The van der Waals surface area contributed by atoms with E-state index in [-0.39, 0.29) is 5.54 Å². The lowest BCUT2D eigenvalue weighted by atomic mass is 9.77. The first-order chi connectivity index (χ1) is 12.6. The van der Waals surface area contributed by atoms with Crippen LogP contribution in [0.25, 0.3) is 10.9 Å². The summed E-state index contributed by atoms with van der Waals surface area (Å²) in [5.74, 6) is 0.625. The molecular formula is C24H26N2. The average Bonchev–Trinajstić information content (AvgIpc) is 2.66. The highest BCUT2D eigenvalue weighted by Crippen LogP contribution is 2.36. The van der Waals surface area contributed by atoms with E-state index in [0.29, 0.717) is 5.92 Å². The van der Waals surface area contributed by atoms with Gasteiger partial charge in [0.05, 0.1) is 16.8 Å². The summed E-state index contributed by atoms with van der Waals surface area (Å²) in [7, 11) is 0. The lowest BCUT2D eigenvalue weighted by molar-refractivity contribution is 0.327. The van der Waals surface area contributed by atoms with Crippen molar-refractivity contribution < 1.29 is 0 Å². The smallest absolute Gasteiger partial charge is 0.0744 e. The zero-order chi connectivity index (χ0) is 18.1. The van der Waals surface area contributed by atoms with Crippen LogP contribution in [0.2, 0.25) is 0 Å². The Morgan fingerprint density at radius 2 is 1.81 bits per heavy atom. The third-order valence-corrected chi connectivity index (χ3v) is 5.45. The molecule has 0 saturated carbocycles. The van der Waals surface area contributed by atoms with Gasteiger partial charge in [0, 0.05) is 22.7 Å². The van der Waals surface area contributed by atoms with Gasteiger partial charge in [0.25, 0.3) is 0 Å². The lowest BCUT2D eigenvalue weighted by Gasteiger charge is -2.36. The van der Waals surface area contributed by atoms with Crippen molar-refractivity contribution in [1.82, 2.24) is 4.98 Å². The number of hydrogen-bond donors (Lipinski definition) is 0. The van der Waals surface area contributed by atoms with E-state index in [4.69, 9.17) is 4.99 Å². The largest absolute Gasteiger partial charge is 0.277 e. The molecule has 1 aliphatic heterocycles. The first-order valence-corrected chi connectivity index (χ1v) is 9.63. The molecule has 0 saturated heterocycles. The number of aromatic nitrogens is 1. The fourth-order valence-electron chi connectivity index (χ4n) is 4.24. The molecule has 4 rings (SSSR count). The van der Waals surface area contributed by atoms with E-state index in [2.05, 4.69) is 74.3 Å². The molecule has 0 radical (unpaired) electrons. The molecule has 1 aliphatic rings. The zero-order valence-electron chi connectivity index (χ0n) is 15.9. The Labute approximate surface area is 156 Å². The van der Waals surface area contributed by atoms with Crippen molar-refractivity contribution in [2.45, 2.75) is 45.6 Å². The molecule has 0 fully saturated rings. The highest BCUT2D eigenvalue weighted by molar-refractivity contribution is 6.15. The number of aliphatic imine (C=N–C) groups is 1. The van der Waals surface area contributed by atoms with Gasteiger partial charge in [-0.2, -0.15) is 0 Å². The summed E-state index contributed by atoms with van der Waals surface area (Å²) < 4.78 is 0. The molecule has 2 heteroatoms. The van der Waals surface area contributed by atoms with Crippen LogP contribution in [0.1, 0.15) is 50.3 Å². The first kappa shape index (κ1) is 17.0. The zero-order valence-corrected chi connectivity index (χ0v) is 15.9. The molecule has 2 nitrogen and oxygen atoms in total.